The summed E-state index contributed by atoms with van der Waals surface area (Å²) in [4.78, 5) is 8.02. The topological polar surface area (TPSA) is 28.7 Å². The number of fused-ring (bicyclic) bond motifs is 1. The van der Waals surface area contributed by atoms with E-state index in [0.717, 1.165) is 23.3 Å². The summed E-state index contributed by atoms with van der Waals surface area (Å²) >= 11 is 0. The maximum absolute atomic E-state index is 4.62. The number of hydrogen-bond donors (Lipinski definition) is 1. The first kappa shape index (κ1) is 12.9. The van der Waals surface area contributed by atoms with E-state index < -0.39 is 0 Å². The number of allylic oxidation sites excluding steroid dienone is 2. The fourth-order valence-electron chi connectivity index (χ4n) is 2.19. The van der Waals surface area contributed by atoms with Gasteiger partial charge in [-0.25, -0.2) is 4.98 Å². The molecule has 1 atom stereocenters. The number of nitrogens with zero attached hydrogens (tertiary/aromatic N) is 1. The number of aromatic nitrogens is 2. The maximum Gasteiger partial charge on any atom is 0.107 e. The molecule has 2 nitrogen and oxygen atoms in total. The molecule has 2 heteroatoms. The van der Waals surface area contributed by atoms with Gasteiger partial charge in [-0.2, -0.15) is 0 Å². The largest absolute Gasteiger partial charge is 0.342 e. The third-order valence-electron chi connectivity index (χ3n) is 3.19. The van der Waals surface area contributed by atoms with Gasteiger partial charge in [-0.1, -0.05) is 30.7 Å². The molecule has 0 bridgehead atoms. The number of rotatable bonds is 5. The van der Waals surface area contributed by atoms with Gasteiger partial charge < -0.3 is 4.98 Å². The number of nitrogens with one attached hydrogen (secondary N) is 1. The lowest BCUT2D eigenvalue weighted by Gasteiger charge is -2.07. The first-order chi connectivity index (χ1) is 8.65. The van der Waals surface area contributed by atoms with Crippen LogP contribution in [0.4, 0.5) is 0 Å². The summed E-state index contributed by atoms with van der Waals surface area (Å²) in [6, 6.07) is 8.22. The van der Waals surface area contributed by atoms with Gasteiger partial charge in [-0.3, -0.25) is 0 Å². The minimum atomic E-state index is 0.668. The first-order valence-corrected chi connectivity index (χ1v) is 6.72. The van der Waals surface area contributed by atoms with Gasteiger partial charge in [0.1, 0.15) is 5.82 Å². The van der Waals surface area contributed by atoms with Gasteiger partial charge in [0.2, 0.25) is 0 Å². The molecule has 2 rings (SSSR count). The zero-order chi connectivity index (χ0) is 13.0. The van der Waals surface area contributed by atoms with E-state index in [1.165, 1.54) is 18.4 Å². The van der Waals surface area contributed by atoms with Crippen molar-refractivity contribution >= 4 is 11.0 Å². The third-order valence-corrected chi connectivity index (χ3v) is 3.19. The highest BCUT2D eigenvalue weighted by Crippen LogP contribution is 2.16. The molecule has 0 saturated carbocycles. The van der Waals surface area contributed by atoms with E-state index >= 15 is 0 Å². The number of benzene rings is 1. The Morgan fingerprint density at radius 1 is 1.33 bits per heavy atom. The van der Waals surface area contributed by atoms with Gasteiger partial charge in [0.15, 0.2) is 0 Å². The predicted octanol–water partition coefficient (Wildman–Crippen LogP) is 4.49. The van der Waals surface area contributed by atoms with Crippen LogP contribution in [0.1, 0.15) is 39.4 Å². The Morgan fingerprint density at radius 2 is 2.11 bits per heavy atom. The Bertz CT molecular complexity index is 500. The SMILES string of the molecule is CC(C)=CCCC(C)Cc1nc2ccccc2[nH]1. The van der Waals surface area contributed by atoms with Crippen molar-refractivity contribution in [1.82, 2.24) is 9.97 Å². The van der Waals surface area contributed by atoms with Crippen LogP contribution >= 0.6 is 0 Å². The second kappa shape index (κ2) is 5.85. The average Bonchev–Trinajstić information content (AvgIpc) is 2.70. The van der Waals surface area contributed by atoms with Crippen molar-refractivity contribution in [3.8, 4) is 0 Å². The molecule has 0 spiro atoms. The first-order valence-electron chi connectivity index (χ1n) is 6.72. The van der Waals surface area contributed by atoms with E-state index in [0.29, 0.717) is 5.92 Å². The van der Waals surface area contributed by atoms with Crippen molar-refractivity contribution in [2.75, 3.05) is 0 Å². The third kappa shape index (κ3) is 3.46. The summed E-state index contributed by atoms with van der Waals surface area (Å²) in [5.74, 6) is 1.78. The van der Waals surface area contributed by atoms with E-state index in [4.69, 9.17) is 0 Å². The van der Waals surface area contributed by atoms with Gasteiger partial charge in [-0.05, 0) is 44.7 Å². The molecule has 0 aliphatic rings. The highest BCUT2D eigenvalue weighted by atomic mass is 14.9. The molecule has 0 aliphatic heterocycles. The van der Waals surface area contributed by atoms with Crippen LogP contribution in [0.2, 0.25) is 0 Å². The highest BCUT2D eigenvalue weighted by molar-refractivity contribution is 5.74. The van der Waals surface area contributed by atoms with Crippen LogP contribution in [0, 0.1) is 5.92 Å². The molecule has 1 heterocycles. The summed E-state index contributed by atoms with van der Waals surface area (Å²) in [5.41, 5.74) is 3.62. The second-order valence-electron chi connectivity index (χ2n) is 5.37. The zero-order valence-corrected chi connectivity index (χ0v) is 11.5. The van der Waals surface area contributed by atoms with Crippen molar-refractivity contribution in [2.45, 2.75) is 40.0 Å². The monoisotopic (exact) mass is 242 g/mol. The standard InChI is InChI=1S/C16H22N2/c1-12(2)7-6-8-13(3)11-16-17-14-9-4-5-10-15(14)18-16/h4-5,7,9-10,13H,6,8,11H2,1-3H3,(H,17,18). The molecule has 18 heavy (non-hydrogen) atoms. The molecule has 2 aromatic rings. The van der Waals surface area contributed by atoms with Gasteiger partial charge in [0, 0.05) is 6.42 Å². The summed E-state index contributed by atoms with van der Waals surface area (Å²) in [6.07, 6.45) is 5.74. The fourth-order valence-corrected chi connectivity index (χ4v) is 2.19. The molecule has 1 unspecified atom stereocenters. The summed E-state index contributed by atoms with van der Waals surface area (Å²) in [5, 5.41) is 0. The molecular formula is C16H22N2. The number of hydrogen-bond acceptors (Lipinski definition) is 1. The smallest absolute Gasteiger partial charge is 0.107 e. The van der Waals surface area contributed by atoms with Gasteiger partial charge >= 0.3 is 0 Å². The Balaban J connectivity index is 1.94. The van der Waals surface area contributed by atoms with Crippen LogP contribution < -0.4 is 0 Å². The molecule has 1 aromatic carbocycles. The summed E-state index contributed by atoms with van der Waals surface area (Å²) in [7, 11) is 0. The Morgan fingerprint density at radius 3 is 2.83 bits per heavy atom. The Labute approximate surface area is 109 Å². The zero-order valence-electron chi connectivity index (χ0n) is 11.5. The molecule has 96 valence electrons. The average molecular weight is 242 g/mol. The molecule has 0 radical (unpaired) electrons. The lowest BCUT2D eigenvalue weighted by Crippen LogP contribution is -2.00. The molecule has 0 aliphatic carbocycles. The van der Waals surface area contributed by atoms with Crippen molar-refractivity contribution < 1.29 is 0 Å². The van der Waals surface area contributed by atoms with E-state index in [-0.39, 0.29) is 0 Å². The number of para-hydroxylation sites is 2. The number of aromatic amines is 1. The minimum Gasteiger partial charge on any atom is -0.342 e. The molecule has 1 N–H and O–H groups in total. The molecular weight excluding hydrogens is 220 g/mol. The summed E-state index contributed by atoms with van der Waals surface area (Å²) < 4.78 is 0. The van der Waals surface area contributed by atoms with Gasteiger partial charge in [0.05, 0.1) is 11.0 Å². The normalized spacial score (nSPS) is 12.6. The Kier molecular flexibility index (Phi) is 4.19. The van der Waals surface area contributed by atoms with Crippen LogP contribution in [0.25, 0.3) is 11.0 Å². The fraction of sp³-hybridized carbons (Fsp3) is 0.438. The van der Waals surface area contributed by atoms with Crippen LogP contribution in [0.3, 0.4) is 0 Å². The molecule has 0 amide bonds. The van der Waals surface area contributed by atoms with Crippen molar-refractivity contribution in [2.24, 2.45) is 5.92 Å². The van der Waals surface area contributed by atoms with Crippen molar-refractivity contribution in [3.63, 3.8) is 0 Å². The quantitative estimate of drug-likeness (QED) is 0.769. The minimum absolute atomic E-state index is 0.668. The van der Waals surface area contributed by atoms with Gasteiger partial charge in [0.25, 0.3) is 0 Å². The highest BCUT2D eigenvalue weighted by Gasteiger charge is 2.07. The van der Waals surface area contributed by atoms with Crippen molar-refractivity contribution in [1.29, 1.82) is 0 Å². The van der Waals surface area contributed by atoms with E-state index in [1.807, 2.05) is 12.1 Å². The molecule has 1 aromatic heterocycles. The van der Waals surface area contributed by atoms with E-state index in [9.17, 15) is 0 Å². The van der Waals surface area contributed by atoms with Crippen LogP contribution in [-0.4, -0.2) is 9.97 Å². The number of imidazole rings is 1. The maximum atomic E-state index is 4.62. The van der Waals surface area contributed by atoms with Crippen LogP contribution in [0.5, 0.6) is 0 Å². The summed E-state index contributed by atoms with van der Waals surface area (Å²) in [6.45, 7) is 6.61. The Hall–Kier alpha value is -1.57. The second-order valence-corrected chi connectivity index (χ2v) is 5.37. The molecule has 0 saturated heterocycles. The lowest BCUT2D eigenvalue weighted by atomic mass is 10.0. The van der Waals surface area contributed by atoms with Crippen LogP contribution in [0.15, 0.2) is 35.9 Å². The molecule has 0 fully saturated rings. The lowest BCUT2D eigenvalue weighted by molar-refractivity contribution is 0.524. The van der Waals surface area contributed by atoms with Crippen LogP contribution in [-0.2, 0) is 6.42 Å². The van der Waals surface area contributed by atoms with E-state index in [1.54, 1.807) is 0 Å². The predicted molar refractivity (Wildman–Crippen MR) is 77.6 cm³/mol. The number of H-pyrrole nitrogens is 1. The van der Waals surface area contributed by atoms with Gasteiger partial charge in [-0.15, -0.1) is 0 Å². The van der Waals surface area contributed by atoms with E-state index in [2.05, 4.69) is 48.9 Å². The van der Waals surface area contributed by atoms with Crippen molar-refractivity contribution in [3.05, 3.63) is 41.7 Å².